The number of pyridine rings is 1. The number of Topliss-reactive ketones (excluding diaryl/α,β-unsaturated/α-hetero) is 1. The summed E-state index contributed by atoms with van der Waals surface area (Å²) in [6, 6.07) is 3.56. The van der Waals surface area contributed by atoms with Crippen molar-refractivity contribution in [2.75, 3.05) is 0 Å². The van der Waals surface area contributed by atoms with E-state index in [0.717, 1.165) is 18.4 Å². The number of rotatable bonds is 2. The Bertz CT molecular complexity index is 269. The lowest BCUT2D eigenvalue weighted by Crippen LogP contribution is -2.00. The van der Waals surface area contributed by atoms with E-state index in [2.05, 4.69) is 4.98 Å². The zero-order valence-electron chi connectivity index (χ0n) is 6.56. The minimum absolute atomic E-state index is 0. The summed E-state index contributed by atoms with van der Waals surface area (Å²) in [5.74, 6) is 0.602. The van der Waals surface area contributed by atoms with E-state index in [1.54, 1.807) is 24.5 Å². The lowest BCUT2D eigenvalue weighted by Gasteiger charge is -1.94. The molecule has 1 aromatic heterocycles. The molecule has 0 atom stereocenters. The molecule has 0 aliphatic heterocycles. The summed E-state index contributed by atoms with van der Waals surface area (Å²) < 4.78 is 0. The first-order valence-corrected chi connectivity index (χ1v) is 3.82. The van der Waals surface area contributed by atoms with Crippen LogP contribution in [-0.4, -0.2) is 10.8 Å². The van der Waals surface area contributed by atoms with Crippen LogP contribution >= 0.6 is 12.4 Å². The number of carbonyl (C=O) groups is 1. The van der Waals surface area contributed by atoms with Crippen molar-refractivity contribution in [3.05, 3.63) is 30.1 Å². The van der Waals surface area contributed by atoms with Crippen molar-refractivity contribution in [3.63, 3.8) is 0 Å². The van der Waals surface area contributed by atoms with Gasteiger partial charge in [-0.15, -0.1) is 12.4 Å². The van der Waals surface area contributed by atoms with Crippen LogP contribution in [-0.2, 0) is 0 Å². The average Bonchev–Trinajstić information content (AvgIpc) is 2.87. The monoisotopic (exact) mass is 183 g/mol. The predicted octanol–water partition coefficient (Wildman–Crippen LogP) is 2.10. The molecule has 0 unspecified atom stereocenters. The third kappa shape index (κ3) is 1.83. The molecule has 0 radical (unpaired) electrons. The summed E-state index contributed by atoms with van der Waals surface area (Å²) >= 11 is 0. The molecule has 0 aromatic carbocycles. The lowest BCUT2D eigenvalue weighted by molar-refractivity contribution is 0.0967. The van der Waals surface area contributed by atoms with Gasteiger partial charge in [0.1, 0.15) is 0 Å². The van der Waals surface area contributed by atoms with Gasteiger partial charge in [0.2, 0.25) is 0 Å². The van der Waals surface area contributed by atoms with Crippen molar-refractivity contribution in [1.29, 1.82) is 0 Å². The SMILES string of the molecule is Cl.O=C(c1ccncc1)C1CC1. The highest BCUT2D eigenvalue weighted by molar-refractivity contribution is 5.99. The van der Waals surface area contributed by atoms with E-state index in [0.29, 0.717) is 5.92 Å². The van der Waals surface area contributed by atoms with Crippen LogP contribution in [0.3, 0.4) is 0 Å². The molecule has 1 aromatic rings. The molecular formula is C9H10ClNO. The minimum Gasteiger partial charge on any atom is -0.294 e. The molecule has 1 fully saturated rings. The van der Waals surface area contributed by atoms with Crippen LogP contribution in [0.25, 0.3) is 0 Å². The van der Waals surface area contributed by atoms with Gasteiger partial charge in [0.15, 0.2) is 5.78 Å². The Kier molecular flexibility index (Phi) is 2.82. The lowest BCUT2D eigenvalue weighted by atomic mass is 10.1. The number of hydrogen-bond donors (Lipinski definition) is 0. The number of ketones is 1. The normalized spacial score (nSPS) is 15.0. The number of aromatic nitrogens is 1. The number of halogens is 1. The molecule has 1 aliphatic rings. The molecule has 64 valence electrons. The van der Waals surface area contributed by atoms with E-state index in [1.165, 1.54) is 0 Å². The second kappa shape index (κ2) is 3.68. The summed E-state index contributed by atoms with van der Waals surface area (Å²) in [5, 5.41) is 0. The van der Waals surface area contributed by atoms with Gasteiger partial charge in [0.25, 0.3) is 0 Å². The van der Waals surface area contributed by atoms with Gasteiger partial charge in [0.05, 0.1) is 0 Å². The summed E-state index contributed by atoms with van der Waals surface area (Å²) in [6.45, 7) is 0. The molecule has 0 amide bonds. The zero-order valence-corrected chi connectivity index (χ0v) is 7.38. The molecule has 0 saturated heterocycles. The maximum Gasteiger partial charge on any atom is 0.166 e. The van der Waals surface area contributed by atoms with Crippen LogP contribution in [0, 0.1) is 5.92 Å². The summed E-state index contributed by atoms with van der Waals surface area (Å²) in [4.78, 5) is 15.2. The maximum atomic E-state index is 11.4. The van der Waals surface area contributed by atoms with Crippen LogP contribution in [0.1, 0.15) is 23.2 Å². The van der Waals surface area contributed by atoms with Gasteiger partial charge in [-0.25, -0.2) is 0 Å². The van der Waals surface area contributed by atoms with E-state index in [-0.39, 0.29) is 18.2 Å². The fourth-order valence-corrected chi connectivity index (χ4v) is 1.10. The first kappa shape index (κ1) is 9.20. The smallest absolute Gasteiger partial charge is 0.166 e. The molecule has 12 heavy (non-hydrogen) atoms. The summed E-state index contributed by atoms with van der Waals surface area (Å²) in [5.41, 5.74) is 0.808. The Morgan fingerprint density at radius 1 is 1.33 bits per heavy atom. The first-order chi connectivity index (χ1) is 5.38. The second-order valence-corrected chi connectivity index (χ2v) is 2.87. The van der Waals surface area contributed by atoms with Gasteiger partial charge in [-0.3, -0.25) is 9.78 Å². The Morgan fingerprint density at radius 3 is 2.42 bits per heavy atom. The fraction of sp³-hybridized carbons (Fsp3) is 0.333. The van der Waals surface area contributed by atoms with Crippen LogP contribution in [0.4, 0.5) is 0 Å². The maximum absolute atomic E-state index is 11.4. The summed E-state index contributed by atoms with van der Waals surface area (Å²) in [7, 11) is 0. The molecule has 2 nitrogen and oxygen atoms in total. The van der Waals surface area contributed by atoms with E-state index in [4.69, 9.17) is 0 Å². The van der Waals surface area contributed by atoms with E-state index in [1.807, 2.05) is 0 Å². The Labute approximate surface area is 77.4 Å². The highest BCUT2D eigenvalue weighted by Crippen LogP contribution is 2.32. The van der Waals surface area contributed by atoms with Gasteiger partial charge in [-0.1, -0.05) is 0 Å². The summed E-state index contributed by atoms with van der Waals surface area (Å²) in [6.07, 6.45) is 5.47. The zero-order chi connectivity index (χ0) is 7.68. The fourth-order valence-electron chi connectivity index (χ4n) is 1.10. The highest BCUT2D eigenvalue weighted by atomic mass is 35.5. The van der Waals surface area contributed by atoms with Crippen LogP contribution in [0.15, 0.2) is 24.5 Å². The van der Waals surface area contributed by atoms with Crippen molar-refractivity contribution in [2.24, 2.45) is 5.92 Å². The Morgan fingerprint density at radius 2 is 1.92 bits per heavy atom. The standard InChI is InChI=1S/C9H9NO.ClH/c11-9(7-1-2-7)8-3-5-10-6-4-8;/h3-7H,1-2H2;1H. The van der Waals surface area contributed by atoms with Gasteiger partial charge in [-0.05, 0) is 25.0 Å². The third-order valence-electron chi connectivity index (χ3n) is 1.91. The van der Waals surface area contributed by atoms with E-state index in [9.17, 15) is 4.79 Å². The van der Waals surface area contributed by atoms with Crippen molar-refractivity contribution in [2.45, 2.75) is 12.8 Å². The number of nitrogens with zero attached hydrogens (tertiary/aromatic N) is 1. The highest BCUT2D eigenvalue weighted by Gasteiger charge is 2.29. The average molecular weight is 184 g/mol. The first-order valence-electron chi connectivity index (χ1n) is 3.82. The second-order valence-electron chi connectivity index (χ2n) is 2.87. The van der Waals surface area contributed by atoms with Crippen LogP contribution in [0.2, 0.25) is 0 Å². The van der Waals surface area contributed by atoms with Crippen LogP contribution < -0.4 is 0 Å². The molecule has 0 bridgehead atoms. The molecular weight excluding hydrogens is 174 g/mol. The van der Waals surface area contributed by atoms with Crippen molar-refractivity contribution >= 4 is 18.2 Å². The van der Waals surface area contributed by atoms with E-state index < -0.39 is 0 Å². The molecule has 0 spiro atoms. The molecule has 2 rings (SSSR count). The molecule has 1 saturated carbocycles. The van der Waals surface area contributed by atoms with Crippen LogP contribution in [0.5, 0.6) is 0 Å². The molecule has 1 aliphatic carbocycles. The largest absolute Gasteiger partial charge is 0.294 e. The Balaban J connectivity index is 0.000000720. The van der Waals surface area contributed by atoms with Gasteiger partial charge >= 0.3 is 0 Å². The number of hydrogen-bond acceptors (Lipinski definition) is 2. The van der Waals surface area contributed by atoms with Crippen molar-refractivity contribution < 1.29 is 4.79 Å². The molecule has 1 heterocycles. The number of carbonyl (C=O) groups excluding carboxylic acids is 1. The third-order valence-corrected chi connectivity index (χ3v) is 1.91. The Hall–Kier alpha value is -0.890. The topological polar surface area (TPSA) is 30.0 Å². The molecule has 0 N–H and O–H groups in total. The van der Waals surface area contributed by atoms with Crippen molar-refractivity contribution in [1.82, 2.24) is 4.98 Å². The molecule has 3 heteroatoms. The minimum atomic E-state index is 0. The van der Waals surface area contributed by atoms with Crippen molar-refractivity contribution in [3.8, 4) is 0 Å². The predicted molar refractivity (Wildman–Crippen MR) is 48.5 cm³/mol. The van der Waals surface area contributed by atoms with Gasteiger partial charge in [-0.2, -0.15) is 0 Å². The van der Waals surface area contributed by atoms with Gasteiger partial charge in [0, 0.05) is 23.9 Å². The van der Waals surface area contributed by atoms with E-state index >= 15 is 0 Å². The van der Waals surface area contributed by atoms with Gasteiger partial charge < -0.3 is 0 Å². The quantitative estimate of drug-likeness (QED) is 0.658.